The predicted octanol–water partition coefficient (Wildman–Crippen LogP) is -0.220. The molecule has 0 amide bonds. The molecule has 0 spiro atoms. The van der Waals surface area contributed by atoms with Crippen molar-refractivity contribution in [3.8, 4) is 0 Å². The van der Waals surface area contributed by atoms with Gasteiger partial charge in [-0.25, -0.2) is 0 Å². The molecule has 1 rings (SSSR count). The smallest absolute Gasteiger partial charge is 0.285 e. The lowest BCUT2D eigenvalue weighted by atomic mass is 10.5. The van der Waals surface area contributed by atoms with E-state index in [9.17, 15) is 0 Å². The average molecular weight is 99.2 g/mol. The van der Waals surface area contributed by atoms with E-state index in [0.29, 0.717) is 0 Å². The maximum atomic E-state index is 5.40. The van der Waals surface area contributed by atoms with Crippen LogP contribution in [0.1, 0.15) is 13.3 Å². The van der Waals surface area contributed by atoms with Crippen molar-refractivity contribution in [1.82, 2.24) is 0 Å². The summed E-state index contributed by atoms with van der Waals surface area (Å²) in [6.07, 6.45) is 1.21. The van der Waals surface area contributed by atoms with Gasteiger partial charge in [-0.15, -0.1) is 0 Å². The van der Waals surface area contributed by atoms with E-state index in [1.54, 1.807) is 0 Å². The zero-order valence-electron chi connectivity index (χ0n) is 4.65. The molecule has 0 atom stereocenters. The Kier molecular flexibility index (Phi) is 1.01. The molecule has 0 aromatic rings. The number of nitrogens with zero attached hydrogens (tertiary/aromatic N) is 1. The fourth-order valence-electron chi connectivity index (χ4n) is 0.653. The number of hydrogen-bond acceptors (Lipinski definition) is 1. The molecule has 2 nitrogen and oxygen atoms in total. The molecule has 1 aliphatic heterocycles. The van der Waals surface area contributed by atoms with Crippen LogP contribution >= 0.6 is 0 Å². The summed E-state index contributed by atoms with van der Waals surface area (Å²) in [7, 11) is 0. The fourth-order valence-corrected chi connectivity index (χ4v) is 0.653. The van der Waals surface area contributed by atoms with Crippen LogP contribution in [0, 0.1) is 0 Å². The van der Waals surface area contributed by atoms with Crippen molar-refractivity contribution in [1.29, 1.82) is 0 Å². The second-order valence-electron chi connectivity index (χ2n) is 1.91. The standard InChI is InChI=1S/C5H10N2/c1-2-3-7-4-5(7)6/h6H,2-4H2,1H3/p+1. The third kappa shape index (κ3) is 0.918. The average Bonchev–Trinajstić information content (AvgIpc) is 2.22. The second kappa shape index (κ2) is 1.52. The van der Waals surface area contributed by atoms with E-state index in [1.165, 1.54) is 6.42 Å². The van der Waals surface area contributed by atoms with E-state index in [-0.39, 0.29) is 0 Å². The molecule has 0 radical (unpaired) electrons. The van der Waals surface area contributed by atoms with E-state index in [1.807, 2.05) is 0 Å². The molecule has 0 aliphatic carbocycles. The van der Waals surface area contributed by atoms with E-state index in [0.717, 1.165) is 18.9 Å². The third-order valence-corrected chi connectivity index (χ3v) is 1.15. The normalized spacial score (nSPS) is 17.9. The highest BCUT2D eigenvalue weighted by molar-refractivity contribution is 5.83. The molecular weight excluding hydrogens is 88.1 g/mol. The quantitative estimate of drug-likeness (QED) is 0.476. The summed E-state index contributed by atoms with van der Waals surface area (Å²) in [6.45, 7) is 4.34. The van der Waals surface area contributed by atoms with Crippen molar-refractivity contribution in [2.45, 2.75) is 13.3 Å². The topological polar surface area (TPSA) is 29.0 Å². The molecule has 1 aliphatic rings. The molecular formula is C5H11N2+. The first kappa shape index (κ1) is 4.62. The van der Waals surface area contributed by atoms with E-state index >= 15 is 0 Å². The highest BCUT2D eigenvalue weighted by Crippen LogP contribution is 1.92. The van der Waals surface area contributed by atoms with Crippen molar-refractivity contribution in [2.75, 3.05) is 13.1 Å². The van der Waals surface area contributed by atoms with Crippen LogP contribution in [0.4, 0.5) is 0 Å². The van der Waals surface area contributed by atoms with Gasteiger partial charge in [-0.2, -0.15) is 0 Å². The van der Waals surface area contributed by atoms with Crippen molar-refractivity contribution < 1.29 is 4.58 Å². The molecule has 40 valence electrons. The van der Waals surface area contributed by atoms with Crippen LogP contribution in [-0.4, -0.2) is 23.5 Å². The van der Waals surface area contributed by atoms with Gasteiger partial charge in [0, 0.05) is 0 Å². The van der Waals surface area contributed by atoms with Gasteiger partial charge >= 0.3 is 0 Å². The Hall–Kier alpha value is -0.530. The molecule has 0 fully saturated rings. The summed E-state index contributed by atoms with van der Waals surface area (Å²) < 4.78 is 2.17. The van der Waals surface area contributed by atoms with Gasteiger partial charge < -0.3 is 0 Å². The van der Waals surface area contributed by atoms with E-state index in [4.69, 9.17) is 5.73 Å². The van der Waals surface area contributed by atoms with Crippen LogP contribution < -0.4 is 5.73 Å². The van der Waals surface area contributed by atoms with Gasteiger partial charge in [0.1, 0.15) is 0 Å². The summed E-state index contributed by atoms with van der Waals surface area (Å²) in [5.41, 5.74) is 5.40. The minimum atomic E-state index is 1.04. The van der Waals surface area contributed by atoms with Crippen molar-refractivity contribution in [3.63, 3.8) is 0 Å². The SMILES string of the molecule is CCC[N+]1=C(N)C1. The molecule has 0 unspecified atom stereocenters. The van der Waals surface area contributed by atoms with Crippen LogP contribution in [0.3, 0.4) is 0 Å². The third-order valence-electron chi connectivity index (χ3n) is 1.15. The first-order chi connectivity index (χ1) is 3.34. The summed E-state index contributed by atoms with van der Waals surface area (Å²) >= 11 is 0. The predicted molar refractivity (Wildman–Crippen MR) is 29.5 cm³/mol. The Balaban J connectivity index is 2.19. The van der Waals surface area contributed by atoms with E-state index < -0.39 is 0 Å². The number of nitrogens with two attached hydrogens (primary N) is 1. The zero-order chi connectivity index (χ0) is 5.28. The first-order valence-electron chi connectivity index (χ1n) is 2.71. The van der Waals surface area contributed by atoms with Gasteiger partial charge in [0.25, 0.3) is 5.84 Å². The highest BCUT2D eigenvalue weighted by atomic mass is 15.2. The van der Waals surface area contributed by atoms with Crippen molar-refractivity contribution in [2.24, 2.45) is 5.73 Å². The van der Waals surface area contributed by atoms with Gasteiger partial charge in [-0.05, 0) is 6.42 Å². The lowest BCUT2D eigenvalue weighted by Crippen LogP contribution is -1.98. The minimum absolute atomic E-state index is 1.04. The maximum absolute atomic E-state index is 5.40. The van der Waals surface area contributed by atoms with Crippen molar-refractivity contribution in [3.05, 3.63) is 0 Å². The van der Waals surface area contributed by atoms with Crippen LogP contribution in [0.15, 0.2) is 0 Å². The molecule has 1 heterocycles. The van der Waals surface area contributed by atoms with Gasteiger partial charge in [-0.3, -0.25) is 10.3 Å². The Morgan fingerprint density at radius 2 is 2.43 bits per heavy atom. The maximum Gasteiger partial charge on any atom is 0.285 e. The molecule has 0 saturated heterocycles. The number of amidine groups is 1. The van der Waals surface area contributed by atoms with Gasteiger partial charge in [0.2, 0.25) is 0 Å². The molecule has 0 saturated carbocycles. The van der Waals surface area contributed by atoms with Crippen molar-refractivity contribution >= 4 is 5.84 Å². The summed E-state index contributed by atoms with van der Waals surface area (Å²) in [4.78, 5) is 0. The number of hydrogen-bond donors (Lipinski definition) is 1. The molecule has 7 heavy (non-hydrogen) atoms. The Labute approximate surface area is 43.6 Å². The molecule has 0 bridgehead atoms. The minimum Gasteiger partial charge on any atom is -0.288 e. The van der Waals surface area contributed by atoms with Crippen LogP contribution in [0.5, 0.6) is 0 Å². The molecule has 2 heteroatoms. The first-order valence-corrected chi connectivity index (χ1v) is 2.71. The van der Waals surface area contributed by atoms with Crippen LogP contribution in [0.25, 0.3) is 0 Å². The second-order valence-corrected chi connectivity index (χ2v) is 1.91. The molecule has 2 N–H and O–H groups in total. The highest BCUT2D eigenvalue weighted by Gasteiger charge is 2.23. The largest absolute Gasteiger partial charge is 0.288 e. The van der Waals surface area contributed by atoms with E-state index in [2.05, 4.69) is 11.5 Å². The fraction of sp³-hybridized carbons (Fsp3) is 0.800. The lowest BCUT2D eigenvalue weighted by Gasteiger charge is -1.78. The van der Waals surface area contributed by atoms with Crippen LogP contribution in [0.2, 0.25) is 0 Å². The van der Waals surface area contributed by atoms with Crippen LogP contribution in [-0.2, 0) is 0 Å². The Bertz CT molecular complexity index is 105. The lowest BCUT2D eigenvalue weighted by molar-refractivity contribution is -0.441. The Morgan fingerprint density at radius 3 is 2.57 bits per heavy atom. The summed E-state index contributed by atoms with van der Waals surface area (Å²) in [5, 5.41) is 0. The van der Waals surface area contributed by atoms with Gasteiger partial charge in [0.15, 0.2) is 6.54 Å². The monoisotopic (exact) mass is 99.1 g/mol. The molecule has 0 aromatic heterocycles. The number of rotatable bonds is 2. The molecule has 0 aromatic carbocycles. The van der Waals surface area contributed by atoms with Gasteiger partial charge in [-0.1, -0.05) is 6.92 Å². The van der Waals surface area contributed by atoms with Gasteiger partial charge in [0.05, 0.1) is 6.54 Å². The Morgan fingerprint density at radius 1 is 1.86 bits per heavy atom. The summed E-state index contributed by atoms with van der Waals surface area (Å²) in [6, 6.07) is 0. The zero-order valence-corrected chi connectivity index (χ0v) is 4.65. The summed E-state index contributed by atoms with van der Waals surface area (Å²) in [5.74, 6) is 1.06.